The number of aliphatic hydroxyl groups is 1. The lowest BCUT2D eigenvalue weighted by Gasteiger charge is -2.17. The van der Waals surface area contributed by atoms with Crippen LogP contribution in [0.25, 0.3) is 88.1 Å². The van der Waals surface area contributed by atoms with E-state index in [1.807, 2.05) is 0 Å². The van der Waals surface area contributed by atoms with E-state index >= 15 is 0 Å². The number of aromatic amines is 4. The maximum absolute atomic E-state index is 14.6. The lowest BCUT2D eigenvalue weighted by Crippen LogP contribution is -2.42. The fourth-order valence-corrected chi connectivity index (χ4v) is 17.4. The number of pyridine rings is 4. The van der Waals surface area contributed by atoms with Crippen molar-refractivity contribution in [3.63, 3.8) is 0 Å². The van der Waals surface area contributed by atoms with E-state index in [9.17, 15) is 140 Å². The summed E-state index contributed by atoms with van der Waals surface area (Å²) in [5, 5.41) is 60.3. The molecule has 4 amide bonds. The molecule has 30 nitrogen and oxygen atoms in total. The van der Waals surface area contributed by atoms with Crippen molar-refractivity contribution >= 4 is 107 Å². The third-order valence-corrected chi connectivity index (χ3v) is 25.9. The van der Waals surface area contributed by atoms with Gasteiger partial charge < -0.3 is 89.7 Å². The van der Waals surface area contributed by atoms with E-state index in [1.165, 1.54) is 166 Å². The Labute approximate surface area is 848 Å². The summed E-state index contributed by atoms with van der Waals surface area (Å²) in [6, 6.07) is 47.4. The molecule has 8 aromatic heterocycles. The van der Waals surface area contributed by atoms with Gasteiger partial charge in [0.15, 0.2) is 11.6 Å². The third-order valence-electron chi connectivity index (χ3n) is 25.1. The molecular formula is C106H90BrF13N12O18. The minimum Gasteiger partial charge on any atom is -0.494 e. The van der Waals surface area contributed by atoms with Gasteiger partial charge in [-0.15, -0.1) is 0 Å². The van der Waals surface area contributed by atoms with Crippen molar-refractivity contribution in [1.82, 2.24) is 59.5 Å². The van der Waals surface area contributed by atoms with E-state index in [2.05, 4.69) is 57.1 Å². The molecule has 0 aliphatic rings. The number of aromatic nitrogens is 8. The minimum atomic E-state index is -4.76. The van der Waals surface area contributed by atoms with Crippen LogP contribution >= 0.6 is 15.9 Å². The van der Waals surface area contributed by atoms with Crippen LogP contribution in [-0.4, -0.2) is 143 Å². The molecule has 16 aromatic rings. The molecule has 0 radical (unpaired) electrons. The standard InChI is InChI=1S/2C27H24F3N3O5.C26H21BrF3N3O4.C26H21F4N3O4/c1-14-12-18(27(28,29)30)21(25(35)33(14)2)16-10-8-15(9-11-16)13-20(26(36)37)32-24(34)22-23(38-3)17-6-4-5-7-19(17)31-22;1-14-11-19(27(28,29)30)22(25(36)33(14)2)16-9-7-15(8-10-16)12-21(26(37)38)32-24(35)23-18(13-34)17-5-3-4-6-20(17)31-23;2*1-13-11-17(26(28,29)30)20(24(35)33(13)2)15-9-7-14(8-10-15)12-19(25(36)37)32-23(34)22-21(27)16-5-3-4-6-18(16)31-22/h4-12,20,31H,13H2,1-3H3,(H,32,34)(H,36,37);3-11,21,31,34H,12-13H2,1-2H3,(H,32,35)(H,37,38);2*3-11,19,31H,12H2,1-2H3,(H,32,34)(H,36,37)/t20-;21-;2*19-/m0000/s1. The molecule has 0 saturated carbocycles. The van der Waals surface area contributed by atoms with Gasteiger partial charge in [0.25, 0.3) is 45.9 Å². The zero-order valence-electron chi connectivity index (χ0n) is 80.3. The monoisotopic (exact) mass is 2140 g/mol. The number of hydrogen-bond donors (Lipinski definition) is 13. The number of para-hydroxylation sites is 4. The third kappa shape index (κ3) is 24.0. The van der Waals surface area contributed by atoms with Gasteiger partial charge in [0.2, 0.25) is 0 Å². The van der Waals surface area contributed by atoms with Crippen molar-refractivity contribution in [2.24, 2.45) is 28.2 Å². The smallest absolute Gasteiger partial charge is 0.417 e. The summed E-state index contributed by atoms with van der Waals surface area (Å²) in [5.74, 6) is -8.86. The predicted octanol–water partition coefficient (Wildman–Crippen LogP) is 17.5. The van der Waals surface area contributed by atoms with Crippen LogP contribution in [-0.2, 0) is 104 Å². The molecule has 8 aromatic carbocycles. The number of rotatable bonds is 26. The lowest BCUT2D eigenvalue weighted by molar-refractivity contribution is -0.140. The molecule has 0 spiro atoms. The number of benzene rings is 8. The molecule has 8 heterocycles. The van der Waals surface area contributed by atoms with Crippen LogP contribution in [0.15, 0.2) is 242 Å². The normalized spacial score (nSPS) is 12.5. The maximum Gasteiger partial charge on any atom is 0.417 e. The molecule has 44 heteroatoms. The van der Waals surface area contributed by atoms with Crippen LogP contribution in [0.5, 0.6) is 5.75 Å². The van der Waals surface area contributed by atoms with Gasteiger partial charge in [-0.3, -0.25) is 38.4 Å². The first-order chi connectivity index (χ1) is 70.6. The van der Waals surface area contributed by atoms with Gasteiger partial charge in [-0.25, -0.2) is 23.6 Å². The molecule has 0 aliphatic heterocycles. The van der Waals surface area contributed by atoms with Crippen molar-refractivity contribution < 1.29 is 126 Å². The van der Waals surface area contributed by atoms with E-state index in [0.717, 1.165) is 47.9 Å². The van der Waals surface area contributed by atoms with Crippen LogP contribution < -0.4 is 48.2 Å². The first kappa shape index (κ1) is 110. The highest BCUT2D eigenvalue weighted by atomic mass is 79.9. The second-order valence-corrected chi connectivity index (χ2v) is 35.6. The Hall–Kier alpha value is -17.2. The van der Waals surface area contributed by atoms with Gasteiger partial charge >= 0.3 is 48.6 Å². The van der Waals surface area contributed by atoms with E-state index < -0.39 is 181 Å². The topological polar surface area (TPSA) is 446 Å². The number of methoxy groups -OCH3 is 1. The van der Waals surface area contributed by atoms with Gasteiger partial charge in [0.1, 0.15) is 46.9 Å². The van der Waals surface area contributed by atoms with E-state index in [-0.39, 0.29) is 98.9 Å². The zero-order valence-corrected chi connectivity index (χ0v) is 81.8. The summed E-state index contributed by atoms with van der Waals surface area (Å²) in [4.78, 5) is 161. The fraction of sp³-hybridized carbons (Fsp3) is 0.208. The molecule has 13 N–H and O–H groups in total. The van der Waals surface area contributed by atoms with Crippen molar-refractivity contribution in [2.45, 2.75) is 109 Å². The number of aryl methyl sites for hydroxylation is 4. The summed E-state index contributed by atoms with van der Waals surface area (Å²) in [6.07, 6.45) is -19.7. The van der Waals surface area contributed by atoms with Crippen molar-refractivity contribution in [2.75, 3.05) is 7.11 Å². The van der Waals surface area contributed by atoms with Gasteiger partial charge in [0, 0.05) is 126 Å². The Kier molecular flexibility index (Phi) is 32.7. The lowest BCUT2D eigenvalue weighted by atomic mass is 9.97. The maximum atomic E-state index is 14.6. The summed E-state index contributed by atoms with van der Waals surface area (Å²) in [6.45, 7) is 5.19. The Morgan fingerprint density at radius 1 is 0.340 bits per heavy atom. The van der Waals surface area contributed by atoms with Crippen LogP contribution in [0.2, 0.25) is 0 Å². The number of ether oxygens (including phenoxy) is 1. The minimum absolute atomic E-state index is 0.00716. The molecule has 4 atom stereocenters. The number of hydrogen-bond acceptors (Lipinski definition) is 14. The molecule has 780 valence electrons. The number of amides is 4. The van der Waals surface area contributed by atoms with Crippen molar-refractivity contribution in [3.05, 3.63) is 366 Å². The van der Waals surface area contributed by atoms with Crippen LogP contribution in [0.4, 0.5) is 57.1 Å². The summed E-state index contributed by atoms with van der Waals surface area (Å²) < 4.78 is 189. The SMILES string of the molecule is COc1c(C(=O)N[C@@H](Cc2ccc(-c3c(C(F)(F)F)cc(C)n(C)c3=O)cc2)C(=O)O)[nH]c2ccccc12.Cc1cc(C(F)(F)F)c(-c2ccc(C[C@H](NC(=O)c3[nH]c4ccccc4c3Br)C(=O)O)cc2)c(=O)n1C.Cc1cc(C(F)(F)F)c(-c2ccc(C[C@H](NC(=O)c3[nH]c4ccccc4c3CO)C(=O)O)cc2)c(=O)n1C.Cc1cc(C(F)(F)F)c(-c2ccc(C[C@H](NC(=O)c3[nH]c4ccccc4c3F)C(=O)O)cc2)c(=O)n1C. The Morgan fingerprint density at radius 3 is 0.853 bits per heavy atom. The second-order valence-electron chi connectivity index (χ2n) is 34.8. The molecule has 0 saturated heterocycles. The van der Waals surface area contributed by atoms with Crippen LogP contribution in [0.3, 0.4) is 0 Å². The summed E-state index contributed by atoms with van der Waals surface area (Å²) in [7, 11) is 6.92. The zero-order chi connectivity index (χ0) is 110. The van der Waals surface area contributed by atoms with Crippen molar-refractivity contribution in [3.8, 4) is 50.3 Å². The highest BCUT2D eigenvalue weighted by Gasteiger charge is 2.42. The fourth-order valence-electron chi connectivity index (χ4n) is 16.8. The molecule has 0 aliphatic carbocycles. The number of aliphatic hydroxyl groups excluding tert-OH is 1. The Balaban J connectivity index is 0.000000167. The Morgan fingerprint density at radius 2 is 0.573 bits per heavy atom. The molecule has 150 heavy (non-hydrogen) atoms. The van der Waals surface area contributed by atoms with E-state index in [1.54, 1.807) is 91.0 Å². The number of nitrogens with one attached hydrogen (secondary N) is 8. The van der Waals surface area contributed by atoms with Gasteiger partial charge in [-0.05, 0) is 149 Å². The van der Waals surface area contributed by atoms with E-state index in [4.69, 9.17) is 4.74 Å². The number of halogens is 14. The molecular weight excluding hydrogens is 2060 g/mol. The van der Waals surface area contributed by atoms with Crippen LogP contribution in [0.1, 0.15) is 115 Å². The number of nitrogens with zero attached hydrogens (tertiary/aromatic N) is 4. The van der Waals surface area contributed by atoms with Gasteiger partial charge in [0.05, 0.1) is 62.7 Å². The molecule has 16 rings (SSSR count). The first-order valence-corrected chi connectivity index (χ1v) is 45.9. The highest BCUT2D eigenvalue weighted by Crippen LogP contribution is 2.42. The van der Waals surface area contributed by atoms with E-state index in [0.29, 0.717) is 65.1 Å². The molecule has 0 fully saturated rings. The average molecular weight is 2150 g/mol. The number of aliphatic carboxylic acids is 4. The second kappa shape index (κ2) is 44.6. The highest BCUT2D eigenvalue weighted by molar-refractivity contribution is 9.10. The summed E-state index contributed by atoms with van der Waals surface area (Å²) >= 11 is 3.36. The Bertz CT molecular complexity index is 7750. The number of carboxylic acid groups (broad SMARTS) is 4. The molecule has 0 bridgehead atoms. The summed E-state index contributed by atoms with van der Waals surface area (Å²) in [5.41, 5.74) is -4.56. The number of alkyl halides is 12. The largest absolute Gasteiger partial charge is 0.494 e. The van der Waals surface area contributed by atoms with Crippen molar-refractivity contribution in [1.29, 1.82) is 0 Å². The number of carbonyl (C=O) groups excluding carboxylic acids is 4. The number of carbonyl (C=O) groups is 8. The number of carboxylic acids is 4. The van der Waals surface area contributed by atoms with Gasteiger partial charge in [-0.2, -0.15) is 52.7 Å². The van der Waals surface area contributed by atoms with Crippen LogP contribution in [0, 0.1) is 33.5 Å². The first-order valence-electron chi connectivity index (χ1n) is 45.1. The number of fused-ring (bicyclic) bond motifs is 4. The quantitative estimate of drug-likeness (QED) is 0.0224. The average Bonchev–Trinajstić information content (AvgIpc) is 1.62. The number of H-pyrrole nitrogens is 4. The van der Waals surface area contributed by atoms with Gasteiger partial charge in [-0.1, -0.05) is 158 Å². The molecule has 0 unspecified atom stereocenters. The predicted molar refractivity (Wildman–Crippen MR) is 531 cm³/mol.